The van der Waals surface area contributed by atoms with E-state index in [4.69, 9.17) is 7.98 Å². The number of fused-ring (bicyclic) bond motifs is 1. The Kier molecular flexibility index (Phi) is 3.08. The van der Waals surface area contributed by atoms with Gasteiger partial charge in [0.2, 0.25) is 7.98 Å². The Hall–Kier alpha value is -1.77. The summed E-state index contributed by atoms with van der Waals surface area (Å²) < 4.78 is 0. The zero-order valence-electron chi connectivity index (χ0n) is 12.4. The highest BCUT2D eigenvalue weighted by Crippen LogP contribution is 2.38. The van der Waals surface area contributed by atoms with Crippen molar-refractivity contribution in [1.29, 1.82) is 0 Å². The number of benzene rings is 1. The van der Waals surface area contributed by atoms with Crippen LogP contribution in [0.15, 0.2) is 36.5 Å². The molecule has 0 unspecified atom stereocenters. The zero-order valence-corrected chi connectivity index (χ0v) is 12.4. The Morgan fingerprint density at radius 3 is 2.60 bits per heavy atom. The van der Waals surface area contributed by atoms with Crippen molar-refractivity contribution in [1.82, 2.24) is 4.98 Å². The molecule has 1 aliphatic rings. The van der Waals surface area contributed by atoms with Gasteiger partial charge in [-0.25, -0.2) is 0 Å². The van der Waals surface area contributed by atoms with E-state index >= 15 is 0 Å². The molecule has 1 aliphatic heterocycles. The molecule has 0 spiro atoms. The van der Waals surface area contributed by atoms with Crippen LogP contribution >= 0.6 is 0 Å². The molecule has 2 aromatic rings. The van der Waals surface area contributed by atoms with E-state index in [1.54, 1.807) is 0 Å². The standard InChI is InChI=1S/C17H19BN2/c1-12-4-6-13(7-5-12)8-14-9-15-16(19-10-14)17(2,3)11-20(15)18/h4-7,9-10H,8,11H2,1-3H3. The second-order valence-corrected chi connectivity index (χ2v) is 6.39. The lowest BCUT2D eigenvalue weighted by atomic mass is 9.91. The molecule has 0 fully saturated rings. The minimum atomic E-state index is 0.0342. The lowest BCUT2D eigenvalue weighted by molar-refractivity contribution is 0.559. The fourth-order valence-corrected chi connectivity index (χ4v) is 2.86. The molecule has 20 heavy (non-hydrogen) atoms. The SMILES string of the molecule is [B]N1CC(C)(C)c2ncc(Cc3ccc(C)cc3)cc21. The molecule has 2 heterocycles. The van der Waals surface area contributed by atoms with Crippen molar-refractivity contribution >= 4 is 13.7 Å². The third-order valence-corrected chi connectivity index (χ3v) is 3.97. The van der Waals surface area contributed by atoms with Gasteiger partial charge in [0.15, 0.2) is 0 Å². The highest BCUT2D eigenvalue weighted by atomic mass is 15.1. The van der Waals surface area contributed by atoms with Crippen molar-refractivity contribution in [3.63, 3.8) is 0 Å². The summed E-state index contributed by atoms with van der Waals surface area (Å²) in [5.74, 6) is 0. The topological polar surface area (TPSA) is 16.1 Å². The monoisotopic (exact) mass is 262 g/mol. The lowest BCUT2D eigenvalue weighted by Gasteiger charge is -2.17. The molecular weight excluding hydrogens is 243 g/mol. The molecular formula is C17H19BN2. The molecule has 2 radical (unpaired) electrons. The molecule has 0 saturated carbocycles. The van der Waals surface area contributed by atoms with Crippen molar-refractivity contribution in [2.75, 3.05) is 11.4 Å². The van der Waals surface area contributed by atoms with E-state index in [1.807, 2.05) is 11.0 Å². The van der Waals surface area contributed by atoms with Gasteiger partial charge in [0.25, 0.3) is 0 Å². The normalized spacial score (nSPS) is 16.2. The van der Waals surface area contributed by atoms with Crippen molar-refractivity contribution in [3.05, 3.63) is 58.9 Å². The van der Waals surface area contributed by atoms with Crippen LogP contribution in [0.25, 0.3) is 0 Å². The second-order valence-electron chi connectivity index (χ2n) is 6.39. The Balaban J connectivity index is 1.90. The van der Waals surface area contributed by atoms with Crippen LogP contribution < -0.4 is 4.81 Å². The van der Waals surface area contributed by atoms with Gasteiger partial charge >= 0.3 is 0 Å². The molecule has 0 N–H and O–H groups in total. The average Bonchev–Trinajstić information content (AvgIpc) is 2.62. The number of nitrogens with zero attached hydrogens (tertiary/aromatic N) is 2. The maximum atomic E-state index is 6.10. The van der Waals surface area contributed by atoms with E-state index in [-0.39, 0.29) is 5.41 Å². The number of rotatable bonds is 2. The Morgan fingerprint density at radius 2 is 1.90 bits per heavy atom. The summed E-state index contributed by atoms with van der Waals surface area (Å²) in [6.45, 7) is 7.30. The average molecular weight is 262 g/mol. The first kappa shape index (κ1) is 13.2. The number of anilines is 1. The van der Waals surface area contributed by atoms with Crippen LogP contribution in [-0.4, -0.2) is 19.5 Å². The molecule has 0 bridgehead atoms. The Morgan fingerprint density at radius 1 is 1.20 bits per heavy atom. The fraction of sp³-hybridized carbons (Fsp3) is 0.353. The van der Waals surface area contributed by atoms with Gasteiger partial charge in [-0.05, 0) is 30.5 Å². The van der Waals surface area contributed by atoms with Crippen molar-refractivity contribution < 1.29 is 0 Å². The summed E-state index contributed by atoms with van der Waals surface area (Å²) >= 11 is 0. The third-order valence-electron chi connectivity index (χ3n) is 3.97. The summed E-state index contributed by atoms with van der Waals surface area (Å²) in [6, 6.07) is 10.8. The number of hydrogen-bond donors (Lipinski definition) is 0. The molecule has 1 aromatic carbocycles. The fourth-order valence-electron chi connectivity index (χ4n) is 2.86. The zero-order chi connectivity index (χ0) is 14.3. The Bertz CT molecular complexity index is 632. The van der Waals surface area contributed by atoms with E-state index in [2.05, 4.69) is 56.1 Å². The van der Waals surface area contributed by atoms with E-state index in [9.17, 15) is 0 Å². The summed E-state index contributed by atoms with van der Waals surface area (Å²) in [5.41, 5.74) is 6.01. The number of pyridine rings is 1. The molecule has 100 valence electrons. The van der Waals surface area contributed by atoms with E-state index < -0.39 is 0 Å². The quantitative estimate of drug-likeness (QED) is 0.773. The van der Waals surface area contributed by atoms with Gasteiger partial charge in [-0.2, -0.15) is 0 Å². The minimum absolute atomic E-state index is 0.0342. The molecule has 0 amide bonds. The lowest BCUT2D eigenvalue weighted by Crippen LogP contribution is -2.26. The highest BCUT2D eigenvalue weighted by Gasteiger charge is 2.34. The van der Waals surface area contributed by atoms with Crippen LogP contribution in [0.2, 0.25) is 0 Å². The molecule has 0 saturated heterocycles. The van der Waals surface area contributed by atoms with Crippen LogP contribution in [0.5, 0.6) is 0 Å². The maximum Gasteiger partial charge on any atom is 0.226 e. The van der Waals surface area contributed by atoms with Crippen LogP contribution in [0.3, 0.4) is 0 Å². The number of hydrogen-bond acceptors (Lipinski definition) is 2. The highest BCUT2D eigenvalue weighted by molar-refractivity contribution is 6.19. The van der Waals surface area contributed by atoms with Gasteiger partial charge < -0.3 is 4.81 Å². The van der Waals surface area contributed by atoms with Gasteiger partial charge in [0.1, 0.15) is 0 Å². The van der Waals surface area contributed by atoms with Gasteiger partial charge in [-0.15, -0.1) is 0 Å². The van der Waals surface area contributed by atoms with Gasteiger partial charge in [0.05, 0.1) is 5.69 Å². The summed E-state index contributed by atoms with van der Waals surface area (Å²) in [4.78, 5) is 6.47. The predicted molar refractivity (Wildman–Crippen MR) is 84.3 cm³/mol. The molecule has 0 aliphatic carbocycles. The van der Waals surface area contributed by atoms with Crippen LogP contribution in [0.4, 0.5) is 5.69 Å². The molecule has 3 rings (SSSR count). The maximum absolute atomic E-state index is 6.10. The van der Waals surface area contributed by atoms with Crippen LogP contribution in [0, 0.1) is 6.92 Å². The largest absolute Gasteiger partial charge is 0.422 e. The first-order chi connectivity index (χ1) is 9.45. The van der Waals surface area contributed by atoms with Crippen molar-refractivity contribution in [2.24, 2.45) is 0 Å². The third kappa shape index (κ3) is 2.33. The Labute approximate surface area is 122 Å². The minimum Gasteiger partial charge on any atom is -0.422 e. The van der Waals surface area contributed by atoms with Crippen molar-refractivity contribution in [3.8, 4) is 0 Å². The number of aromatic nitrogens is 1. The first-order valence-corrected chi connectivity index (χ1v) is 7.03. The van der Waals surface area contributed by atoms with Gasteiger partial charge in [-0.1, -0.05) is 43.7 Å². The summed E-state index contributed by atoms with van der Waals surface area (Å²) in [5, 5.41) is 0. The predicted octanol–water partition coefficient (Wildman–Crippen LogP) is 3.16. The first-order valence-electron chi connectivity index (χ1n) is 7.03. The summed E-state index contributed by atoms with van der Waals surface area (Å²) in [7, 11) is 6.10. The molecule has 3 heteroatoms. The van der Waals surface area contributed by atoms with Crippen molar-refractivity contribution in [2.45, 2.75) is 32.6 Å². The van der Waals surface area contributed by atoms with E-state index in [0.717, 1.165) is 24.3 Å². The van der Waals surface area contributed by atoms with E-state index in [0.29, 0.717) is 0 Å². The van der Waals surface area contributed by atoms with Crippen LogP contribution in [0.1, 0.15) is 36.2 Å². The summed E-state index contributed by atoms with van der Waals surface area (Å²) in [6.07, 6.45) is 2.88. The van der Waals surface area contributed by atoms with E-state index in [1.165, 1.54) is 16.7 Å². The molecule has 2 nitrogen and oxygen atoms in total. The van der Waals surface area contributed by atoms with Gasteiger partial charge in [-0.3, -0.25) is 4.98 Å². The second kappa shape index (κ2) is 4.66. The number of aryl methyl sites for hydroxylation is 1. The van der Waals surface area contributed by atoms with Gasteiger partial charge in [0, 0.05) is 23.8 Å². The molecule has 1 aromatic heterocycles. The van der Waals surface area contributed by atoms with Crippen LogP contribution in [-0.2, 0) is 11.8 Å². The molecule has 0 atom stereocenters. The smallest absolute Gasteiger partial charge is 0.226 e.